The van der Waals surface area contributed by atoms with Gasteiger partial charge in [-0.15, -0.1) is 0 Å². The molecule has 32 heavy (non-hydrogen) atoms. The Morgan fingerprint density at radius 2 is 1.31 bits per heavy atom. The predicted molar refractivity (Wildman–Crippen MR) is 143 cm³/mol. The number of esters is 1. The summed E-state index contributed by atoms with van der Waals surface area (Å²) in [5, 5.41) is 0.314. The first kappa shape index (κ1) is 31.3. The lowest BCUT2D eigenvalue weighted by Gasteiger charge is -2.40. The molecule has 0 fully saturated rings. The molecule has 0 aliphatic carbocycles. The minimum Gasteiger partial charge on any atom is -0.452 e. The van der Waals surface area contributed by atoms with Crippen LogP contribution in [0.5, 0.6) is 0 Å². The van der Waals surface area contributed by atoms with Crippen LogP contribution in [0.4, 0.5) is 0 Å². The highest BCUT2D eigenvalue weighted by Gasteiger charge is 2.41. The molecular weight excluding hydrogens is 432 g/mol. The number of rotatable bonds is 14. The first-order chi connectivity index (χ1) is 14.4. The van der Waals surface area contributed by atoms with Crippen LogP contribution in [0.2, 0.25) is 36.3 Å². The zero-order chi connectivity index (χ0) is 25.4. The molecule has 0 unspecified atom stereocenters. The van der Waals surface area contributed by atoms with Crippen LogP contribution in [-0.4, -0.2) is 40.9 Å². The van der Waals surface area contributed by atoms with Gasteiger partial charge in [0.15, 0.2) is 16.6 Å². The molecule has 4 nitrogen and oxygen atoms in total. The fraction of sp³-hybridized carbons (Fsp3) is 0.808. The summed E-state index contributed by atoms with van der Waals surface area (Å²) in [5.74, 6) is -0.435. The van der Waals surface area contributed by atoms with Crippen LogP contribution in [-0.2, 0) is 18.4 Å². The first-order valence-corrected chi connectivity index (χ1v) is 18.0. The van der Waals surface area contributed by atoms with Crippen molar-refractivity contribution in [3.63, 3.8) is 0 Å². The molecule has 0 heterocycles. The summed E-state index contributed by atoms with van der Waals surface area (Å²) in [6.45, 7) is 32.2. The predicted octanol–water partition coefficient (Wildman–Crippen LogP) is 8.02. The molecule has 0 saturated heterocycles. The molecule has 0 amide bonds. The molecule has 0 N–H and O–H groups in total. The van der Waals surface area contributed by atoms with Gasteiger partial charge < -0.3 is 13.6 Å². The van der Waals surface area contributed by atoms with E-state index in [2.05, 4.69) is 87.8 Å². The maximum Gasteiger partial charge on any atom is 0.330 e. The smallest absolute Gasteiger partial charge is 0.330 e. The molecule has 0 radical (unpaired) electrons. The van der Waals surface area contributed by atoms with E-state index < -0.39 is 28.7 Å². The average molecular weight is 485 g/mol. The molecule has 0 aromatic rings. The monoisotopic (exact) mass is 484 g/mol. The molecule has 0 aliphatic heterocycles. The standard InChI is InChI=1S/C26H52O4Si2/c1-14-22(28-24(27)15-2)23(30-32(12,13)26(7,8)9)20-18-16-17-19-21(3)29-31(10,11)25(4,5)6/h14-15,21-23H,1-2,16-20H2,3-13H3/t21-,22-,23-/m0/s1. The van der Waals surface area contributed by atoms with Crippen molar-refractivity contribution >= 4 is 22.6 Å². The second-order valence-corrected chi connectivity index (χ2v) is 21.6. The van der Waals surface area contributed by atoms with Gasteiger partial charge in [-0.3, -0.25) is 0 Å². The van der Waals surface area contributed by atoms with Crippen molar-refractivity contribution in [1.82, 2.24) is 0 Å². The Balaban J connectivity index is 4.93. The molecule has 3 atom stereocenters. The van der Waals surface area contributed by atoms with E-state index in [0.29, 0.717) is 0 Å². The Labute approximate surface area is 201 Å². The SMILES string of the molecule is C=CC(=O)O[C@@H](C=C)[C@H](CCCCC[C@H](C)O[Si](C)(C)C(C)(C)C)O[Si](C)(C)C(C)(C)C. The summed E-state index contributed by atoms with van der Waals surface area (Å²) in [6, 6.07) is 0. The molecule has 0 spiro atoms. The lowest BCUT2D eigenvalue weighted by Crippen LogP contribution is -2.47. The third-order valence-electron chi connectivity index (χ3n) is 7.17. The van der Waals surface area contributed by atoms with Gasteiger partial charge in [-0.25, -0.2) is 4.79 Å². The van der Waals surface area contributed by atoms with Crippen molar-refractivity contribution < 1.29 is 18.4 Å². The van der Waals surface area contributed by atoms with E-state index in [4.69, 9.17) is 13.6 Å². The van der Waals surface area contributed by atoms with Crippen LogP contribution in [0, 0.1) is 0 Å². The largest absolute Gasteiger partial charge is 0.452 e. The number of hydrogen-bond acceptors (Lipinski definition) is 4. The van der Waals surface area contributed by atoms with Gasteiger partial charge in [0.05, 0.1) is 6.10 Å². The first-order valence-electron chi connectivity index (χ1n) is 12.2. The fourth-order valence-corrected chi connectivity index (χ4v) is 5.84. The molecule has 0 aromatic carbocycles. The van der Waals surface area contributed by atoms with Crippen molar-refractivity contribution in [3.8, 4) is 0 Å². The zero-order valence-corrected chi connectivity index (χ0v) is 25.0. The van der Waals surface area contributed by atoms with Crippen LogP contribution in [0.3, 0.4) is 0 Å². The van der Waals surface area contributed by atoms with Crippen molar-refractivity contribution in [2.75, 3.05) is 0 Å². The topological polar surface area (TPSA) is 44.8 Å². The molecule has 0 saturated carbocycles. The Bertz CT molecular complexity index is 600. The summed E-state index contributed by atoms with van der Waals surface area (Å²) < 4.78 is 18.7. The van der Waals surface area contributed by atoms with Crippen molar-refractivity contribution in [2.24, 2.45) is 0 Å². The second-order valence-electron chi connectivity index (χ2n) is 12.1. The highest BCUT2D eigenvalue weighted by Crippen LogP contribution is 2.39. The minimum absolute atomic E-state index is 0.0793. The quantitative estimate of drug-likeness (QED) is 0.0823. The molecule has 0 aliphatic rings. The average Bonchev–Trinajstić information content (AvgIpc) is 2.62. The number of ether oxygens (including phenoxy) is 1. The Kier molecular flexibility index (Phi) is 12.4. The van der Waals surface area contributed by atoms with E-state index in [-0.39, 0.29) is 22.3 Å². The molecule has 188 valence electrons. The third kappa shape index (κ3) is 10.5. The summed E-state index contributed by atoms with van der Waals surface area (Å²) >= 11 is 0. The van der Waals surface area contributed by atoms with Gasteiger partial charge in [0.25, 0.3) is 0 Å². The molecule has 0 bridgehead atoms. The van der Waals surface area contributed by atoms with Crippen LogP contribution in [0.1, 0.15) is 80.6 Å². The summed E-state index contributed by atoms with van der Waals surface area (Å²) in [5.41, 5.74) is 0. The molecule has 0 aromatic heterocycles. The van der Waals surface area contributed by atoms with Crippen molar-refractivity contribution in [1.29, 1.82) is 0 Å². The minimum atomic E-state index is -2.02. The lowest BCUT2D eigenvalue weighted by atomic mass is 10.0. The van der Waals surface area contributed by atoms with Gasteiger partial charge in [-0.2, -0.15) is 0 Å². The van der Waals surface area contributed by atoms with Crippen molar-refractivity contribution in [3.05, 3.63) is 25.3 Å². The van der Waals surface area contributed by atoms with E-state index in [1.54, 1.807) is 6.08 Å². The second kappa shape index (κ2) is 12.7. The maximum atomic E-state index is 11.8. The normalized spacial score (nSPS) is 16.2. The summed E-state index contributed by atoms with van der Waals surface area (Å²) in [7, 11) is -3.74. The summed E-state index contributed by atoms with van der Waals surface area (Å²) in [4.78, 5) is 11.8. The maximum absolute atomic E-state index is 11.8. The van der Waals surface area contributed by atoms with E-state index in [9.17, 15) is 4.79 Å². The summed E-state index contributed by atoms with van der Waals surface area (Å²) in [6.07, 6.45) is 7.66. The number of carbonyl (C=O) groups excluding carboxylic acids is 1. The Hall–Kier alpha value is -0.696. The van der Waals surface area contributed by atoms with Crippen LogP contribution >= 0.6 is 0 Å². The van der Waals surface area contributed by atoms with Crippen LogP contribution < -0.4 is 0 Å². The Morgan fingerprint density at radius 1 is 0.844 bits per heavy atom. The number of unbranched alkanes of at least 4 members (excludes halogenated alkanes) is 2. The molecular formula is C26H52O4Si2. The highest BCUT2D eigenvalue weighted by atomic mass is 28.4. The van der Waals surface area contributed by atoms with Crippen molar-refractivity contribution in [2.45, 2.75) is 135 Å². The van der Waals surface area contributed by atoms with E-state index in [0.717, 1.165) is 32.1 Å². The zero-order valence-electron chi connectivity index (χ0n) is 23.0. The van der Waals surface area contributed by atoms with Gasteiger partial charge in [0, 0.05) is 12.2 Å². The van der Waals surface area contributed by atoms with E-state index >= 15 is 0 Å². The van der Waals surface area contributed by atoms with Gasteiger partial charge in [0.2, 0.25) is 0 Å². The molecule has 6 heteroatoms. The van der Waals surface area contributed by atoms with Crippen LogP contribution in [0.25, 0.3) is 0 Å². The van der Waals surface area contributed by atoms with Gasteiger partial charge in [0.1, 0.15) is 6.10 Å². The third-order valence-corrected chi connectivity index (χ3v) is 16.3. The number of hydrogen-bond donors (Lipinski definition) is 0. The van der Waals surface area contributed by atoms with E-state index in [1.165, 1.54) is 6.08 Å². The Morgan fingerprint density at radius 3 is 1.75 bits per heavy atom. The van der Waals surface area contributed by atoms with E-state index in [1.807, 2.05) is 0 Å². The molecule has 0 rings (SSSR count). The van der Waals surface area contributed by atoms with Gasteiger partial charge in [-0.05, 0) is 62.1 Å². The lowest BCUT2D eigenvalue weighted by molar-refractivity contribution is -0.145. The number of carbonyl (C=O) groups is 1. The van der Waals surface area contributed by atoms with Gasteiger partial charge in [-0.1, -0.05) is 74.0 Å². The van der Waals surface area contributed by atoms with Gasteiger partial charge >= 0.3 is 5.97 Å². The fourth-order valence-electron chi connectivity index (χ4n) is 3.00. The van der Waals surface area contributed by atoms with Crippen LogP contribution in [0.15, 0.2) is 25.3 Å². The highest BCUT2D eigenvalue weighted by molar-refractivity contribution is 6.74.